The van der Waals surface area contributed by atoms with E-state index in [4.69, 9.17) is 4.74 Å². The van der Waals surface area contributed by atoms with Crippen molar-refractivity contribution in [1.29, 1.82) is 0 Å². The quantitative estimate of drug-likeness (QED) is 0.893. The molecule has 0 spiro atoms. The van der Waals surface area contributed by atoms with Crippen LogP contribution in [0.1, 0.15) is 51.5 Å². The molecule has 3 nitrogen and oxygen atoms in total. The lowest BCUT2D eigenvalue weighted by atomic mass is 10.0. The van der Waals surface area contributed by atoms with E-state index in [2.05, 4.69) is 32.2 Å². The zero-order valence-corrected chi connectivity index (χ0v) is 12.7. The highest BCUT2D eigenvalue weighted by molar-refractivity contribution is 5.77. The third-order valence-electron chi connectivity index (χ3n) is 3.95. The molecule has 110 valence electrons. The van der Waals surface area contributed by atoms with Gasteiger partial charge < -0.3 is 10.1 Å². The molecule has 1 N–H and O–H groups in total. The third kappa shape index (κ3) is 4.26. The van der Waals surface area contributed by atoms with Gasteiger partial charge in [0.2, 0.25) is 0 Å². The maximum atomic E-state index is 11.9. The zero-order chi connectivity index (χ0) is 14.5. The van der Waals surface area contributed by atoms with Gasteiger partial charge in [-0.15, -0.1) is 0 Å². The maximum absolute atomic E-state index is 11.9. The van der Waals surface area contributed by atoms with Crippen LogP contribution in [0.25, 0.3) is 0 Å². The molecule has 1 saturated carbocycles. The summed E-state index contributed by atoms with van der Waals surface area (Å²) < 4.78 is 5.58. The number of ether oxygens (including phenoxy) is 1. The number of hydrogen-bond acceptors (Lipinski definition) is 2. The molecular formula is C17H25NO2. The normalized spacial score (nSPS) is 22.0. The van der Waals surface area contributed by atoms with Crippen molar-refractivity contribution >= 4 is 5.91 Å². The van der Waals surface area contributed by atoms with Crippen molar-refractivity contribution in [2.75, 3.05) is 6.61 Å². The van der Waals surface area contributed by atoms with Crippen molar-refractivity contribution < 1.29 is 9.53 Å². The van der Waals surface area contributed by atoms with Gasteiger partial charge >= 0.3 is 0 Å². The average molecular weight is 275 g/mol. The van der Waals surface area contributed by atoms with Crippen LogP contribution in [0, 0.1) is 5.92 Å². The van der Waals surface area contributed by atoms with Crippen LogP contribution in [0.15, 0.2) is 24.3 Å². The number of carbonyl (C=O) groups excluding carboxylic acids is 1. The Morgan fingerprint density at radius 2 is 2.20 bits per heavy atom. The molecule has 0 aliphatic heterocycles. The number of amides is 1. The van der Waals surface area contributed by atoms with Crippen molar-refractivity contribution in [1.82, 2.24) is 5.32 Å². The second kappa shape index (κ2) is 6.78. The van der Waals surface area contributed by atoms with Gasteiger partial charge in [0.15, 0.2) is 6.61 Å². The van der Waals surface area contributed by atoms with Crippen LogP contribution in [0.2, 0.25) is 0 Å². The van der Waals surface area contributed by atoms with Crippen LogP contribution in [-0.2, 0) is 4.79 Å². The highest BCUT2D eigenvalue weighted by Gasteiger charge is 2.22. The summed E-state index contributed by atoms with van der Waals surface area (Å²) in [5, 5.41) is 3.05. The summed E-state index contributed by atoms with van der Waals surface area (Å²) in [6.45, 7) is 6.63. The Morgan fingerprint density at radius 1 is 1.40 bits per heavy atom. The smallest absolute Gasteiger partial charge is 0.258 e. The van der Waals surface area contributed by atoms with E-state index in [1.807, 2.05) is 18.2 Å². The fourth-order valence-corrected chi connectivity index (χ4v) is 2.72. The number of carbonyl (C=O) groups is 1. The van der Waals surface area contributed by atoms with E-state index in [0.29, 0.717) is 12.0 Å². The van der Waals surface area contributed by atoms with E-state index in [1.165, 1.54) is 12.0 Å². The summed E-state index contributed by atoms with van der Waals surface area (Å²) in [5.74, 6) is 1.95. The molecule has 1 fully saturated rings. The van der Waals surface area contributed by atoms with Gasteiger partial charge in [0.25, 0.3) is 5.91 Å². The van der Waals surface area contributed by atoms with E-state index >= 15 is 0 Å². The van der Waals surface area contributed by atoms with Crippen molar-refractivity contribution in [3.05, 3.63) is 29.8 Å². The molecule has 3 heteroatoms. The molecule has 0 radical (unpaired) electrons. The van der Waals surface area contributed by atoms with Gasteiger partial charge in [-0.3, -0.25) is 4.79 Å². The Kier molecular flexibility index (Phi) is 5.05. The monoisotopic (exact) mass is 275 g/mol. The van der Waals surface area contributed by atoms with Gasteiger partial charge in [-0.05, 0) is 48.8 Å². The number of nitrogens with one attached hydrogen (secondary N) is 1. The number of rotatable bonds is 5. The molecule has 1 amide bonds. The lowest BCUT2D eigenvalue weighted by Gasteiger charge is -2.13. The number of benzene rings is 1. The van der Waals surface area contributed by atoms with Crippen LogP contribution in [0.5, 0.6) is 5.75 Å². The molecular weight excluding hydrogens is 250 g/mol. The summed E-state index contributed by atoms with van der Waals surface area (Å²) in [5.41, 5.74) is 1.23. The lowest BCUT2D eigenvalue weighted by molar-refractivity contribution is -0.123. The Balaban J connectivity index is 1.79. The molecule has 0 saturated heterocycles. The van der Waals surface area contributed by atoms with E-state index in [1.54, 1.807) is 0 Å². The van der Waals surface area contributed by atoms with Crippen LogP contribution in [0.3, 0.4) is 0 Å². The lowest BCUT2D eigenvalue weighted by Crippen LogP contribution is -2.36. The largest absolute Gasteiger partial charge is 0.484 e. The molecule has 1 aliphatic rings. The topological polar surface area (TPSA) is 38.3 Å². The minimum atomic E-state index is -0.0148. The molecule has 0 aromatic heterocycles. The second-order valence-corrected chi connectivity index (χ2v) is 6.20. The summed E-state index contributed by atoms with van der Waals surface area (Å²) in [6, 6.07) is 8.30. The first-order valence-corrected chi connectivity index (χ1v) is 7.56. The van der Waals surface area contributed by atoms with Gasteiger partial charge in [0.05, 0.1) is 0 Å². The fraction of sp³-hybridized carbons (Fsp3) is 0.588. The van der Waals surface area contributed by atoms with Crippen molar-refractivity contribution in [2.24, 2.45) is 5.92 Å². The van der Waals surface area contributed by atoms with E-state index in [9.17, 15) is 4.79 Å². The maximum Gasteiger partial charge on any atom is 0.258 e. The van der Waals surface area contributed by atoms with Gasteiger partial charge in [0, 0.05) is 6.04 Å². The molecule has 0 bridgehead atoms. The van der Waals surface area contributed by atoms with E-state index < -0.39 is 0 Å². The summed E-state index contributed by atoms with van der Waals surface area (Å²) in [6.07, 6.45) is 3.40. The predicted octanol–water partition coefficient (Wildman–Crippen LogP) is 3.49. The molecule has 1 aliphatic carbocycles. The van der Waals surface area contributed by atoms with Crippen molar-refractivity contribution in [3.8, 4) is 5.75 Å². The first-order valence-electron chi connectivity index (χ1n) is 7.56. The van der Waals surface area contributed by atoms with Crippen LogP contribution in [0.4, 0.5) is 0 Å². The van der Waals surface area contributed by atoms with Gasteiger partial charge in [-0.1, -0.05) is 32.9 Å². The van der Waals surface area contributed by atoms with Gasteiger partial charge in [-0.25, -0.2) is 0 Å². The fourth-order valence-electron chi connectivity index (χ4n) is 2.72. The Labute approximate surface area is 121 Å². The second-order valence-electron chi connectivity index (χ2n) is 6.20. The Morgan fingerprint density at radius 3 is 2.85 bits per heavy atom. The molecule has 20 heavy (non-hydrogen) atoms. The average Bonchev–Trinajstić information content (AvgIpc) is 2.82. The highest BCUT2D eigenvalue weighted by atomic mass is 16.5. The minimum Gasteiger partial charge on any atom is -0.484 e. The first kappa shape index (κ1) is 14.9. The van der Waals surface area contributed by atoms with Crippen LogP contribution >= 0.6 is 0 Å². The van der Waals surface area contributed by atoms with Crippen molar-refractivity contribution in [3.63, 3.8) is 0 Å². The summed E-state index contributed by atoms with van der Waals surface area (Å²) in [4.78, 5) is 11.9. The zero-order valence-electron chi connectivity index (χ0n) is 12.7. The molecule has 1 aromatic carbocycles. The van der Waals surface area contributed by atoms with Crippen LogP contribution in [-0.4, -0.2) is 18.6 Å². The third-order valence-corrected chi connectivity index (χ3v) is 3.95. The van der Waals surface area contributed by atoms with Crippen molar-refractivity contribution in [2.45, 2.75) is 52.0 Å². The number of hydrogen-bond donors (Lipinski definition) is 1. The molecule has 1 aromatic rings. The molecule has 2 atom stereocenters. The SMILES string of the molecule is CC1CCC(NC(=O)COc2cccc(C(C)C)c2)C1. The van der Waals surface area contributed by atoms with Gasteiger partial charge in [-0.2, -0.15) is 0 Å². The molecule has 2 unspecified atom stereocenters. The van der Waals surface area contributed by atoms with Crippen LogP contribution < -0.4 is 10.1 Å². The minimum absolute atomic E-state index is 0.0148. The first-order chi connectivity index (χ1) is 9.54. The predicted molar refractivity (Wildman–Crippen MR) is 81.0 cm³/mol. The molecule has 2 rings (SSSR count). The highest BCUT2D eigenvalue weighted by Crippen LogP contribution is 2.24. The Hall–Kier alpha value is -1.51. The Bertz CT molecular complexity index is 456. The molecule has 0 heterocycles. The summed E-state index contributed by atoms with van der Waals surface area (Å²) in [7, 11) is 0. The van der Waals surface area contributed by atoms with E-state index in [0.717, 1.165) is 24.5 Å². The van der Waals surface area contributed by atoms with E-state index in [-0.39, 0.29) is 12.5 Å². The van der Waals surface area contributed by atoms with Gasteiger partial charge in [0.1, 0.15) is 5.75 Å². The standard InChI is InChI=1S/C17H25NO2/c1-12(2)14-5-4-6-16(10-14)20-11-17(19)18-15-8-7-13(3)9-15/h4-6,10,12-13,15H,7-9,11H2,1-3H3,(H,18,19). The summed E-state index contributed by atoms with van der Waals surface area (Å²) >= 11 is 0.